The van der Waals surface area contributed by atoms with Gasteiger partial charge >= 0.3 is 0 Å². The molecule has 3 nitrogen and oxygen atoms in total. The van der Waals surface area contributed by atoms with Crippen molar-refractivity contribution in [3.05, 3.63) is 64.7 Å². The van der Waals surface area contributed by atoms with Crippen LogP contribution in [0.5, 0.6) is 0 Å². The van der Waals surface area contributed by atoms with Crippen LogP contribution >= 0.6 is 11.3 Å². The van der Waals surface area contributed by atoms with E-state index in [9.17, 15) is 4.79 Å². The van der Waals surface area contributed by atoms with E-state index in [4.69, 9.17) is 10.1 Å². The second-order valence-corrected chi connectivity index (χ2v) is 6.50. The maximum atomic E-state index is 10.0. The fourth-order valence-corrected chi connectivity index (χ4v) is 2.99. The Morgan fingerprint density at radius 1 is 1.24 bits per heavy atom. The van der Waals surface area contributed by atoms with E-state index in [1.807, 2.05) is 11.4 Å². The van der Waals surface area contributed by atoms with Gasteiger partial charge in [-0.05, 0) is 39.0 Å². The number of aromatic nitrogens is 1. The number of hydrogen-bond acceptors (Lipinski definition) is 4. The number of carbonyl (C=O) groups is 1. The largest absolute Gasteiger partial charge is 0.512 e. The quantitative estimate of drug-likeness (QED) is 0.274. The summed E-state index contributed by atoms with van der Waals surface area (Å²) in [6, 6.07) is 13.6. The molecule has 0 aliphatic carbocycles. The van der Waals surface area contributed by atoms with E-state index >= 15 is 0 Å². The van der Waals surface area contributed by atoms with E-state index in [1.54, 1.807) is 11.3 Å². The smallest absolute Gasteiger partial charge is 0.155 e. The van der Waals surface area contributed by atoms with E-state index in [-0.39, 0.29) is 31.6 Å². The SMILES string of the molecule is CC(=O)/C=C(/C)O.Cc1cc(-c2[c-]ccs2)nc2c(C)cccc12.[Ir]. The number of fused-ring (bicyclic) bond motifs is 1. The number of pyridine rings is 1. The summed E-state index contributed by atoms with van der Waals surface area (Å²) in [6.45, 7) is 7.10. The second-order valence-electron chi connectivity index (χ2n) is 5.59. The molecule has 2 heterocycles. The summed E-state index contributed by atoms with van der Waals surface area (Å²) in [5, 5.41) is 11.6. The number of aryl methyl sites for hydroxylation is 2. The van der Waals surface area contributed by atoms with Gasteiger partial charge in [-0.2, -0.15) is 12.1 Å². The number of allylic oxidation sites excluding steroid dienone is 2. The predicted octanol–water partition coefficient (Wildman–Crippen LogP) is 5.42. The predicted molar refractivity (Wildman–Crippen MR) is 100 cm³/mol. The molecule has 0 fully saturated rings. The molecule has 5 heteroatoms. The van der Waals surface area contributed by atoms with Crippen LogP contribution < -0.4 is 0 Å². The van der Waals surface area contributed by atoms with Crippen molar-refractivity contribution in [3.63, 3.8) is 0 Å². The van der Waals surface area contributed by atoms with Crippen LogP contribution in [-0.2, 0) is 24.9 Å². The van der Waals surface area contributed by atoms with Crippen LogP contribution in [-0.4, -0.2) is 15.9 Å². The molecule has 0 amide bonds. The molecule has 133 valence electrons. The van der Waals surface area contributed by atoms with Crippen molar-refractivity contribution in [1.29, 1.82) is 0 Å². The maximum absolute atomic E-state index is 10.0. The van der Waals surface area contributed by atoms with Gasteiger partial charge in [0.15, 0.2) is 5.78 Å². The van der Waals surface area contributed by atoms with Gasteiger partial charge < -0.3 is 10.1 Å². The molecule has 0 aliphatic heterocycles. The number of aliphatic hydroxyl groups is 1. The molecule has 25 heavy (non-hydrogen) atoms. The minimum absolute atomic E-state index is 0. The Balaban J connectivity index is 0.000000339. The molecule has 0 spiro atoms. The molecule has 0 aliphatic rings. The van der Waals surface area contributed by atoms with E-state index < -0.39 is 0 Å². The number of para-hydroxylation sites is 1. The van der Waals surface area contributed by atoms with Crippen molar-refractivity contribution in [2.45, 2.75) is 27.7 Å². The summed E-state index contributed by atoms with van der Waals surface area (Å²) in [7, 11) is 0. The molecular weight excluding hydrogens is 511 g/mol. The van der Waals surface area contributed by atoms with E-state index in [0.29, 0.717) is 0 Å². The first kappa shape index (κ1) is 21.2. The standard InChI is InChI=1S/C15H12NS.C5H8O2.Ir/c1-10-5-3-6-12-11(2)9-13(16-15(10)12)14-7-4-8-17-14;1-4(6)3-5(2)7;/h3-6,8-9H,1-2H3;3,6H,1-2H3;/q-1;;/b;4-3-;. The number of carbonyl (C=O) groups excluding carboxylic acids is 1. The van der Waals surface area contributed by atoms with Crippen LogP contribution in [0.1, 0.15) is 25.0 Å². The Kier molecular flexibility index (Phi) is 8.17. The number of nitrogens with zero attached hydrogens (tertiary/aromatic N) is 1. The Morgan fingerprint density at radius 3 is 2.48 bits per heavy atom. The second kappa shape index (κ2) is 9.62. The first-order chi connectivity index (χ1) is 11.4. The van der Waals surface area contributed by atoms with Crippen LogP contribution in [0, 0.1) is 19.9 Å². The molecule has 3 rings (SSSR count). The molecule has 0 bridgehead atoms. The first-order valence-corrected chi connectivity index (χ1v) is 8.47. The molecule has 0 atom stereocenters. The number of hydrogen-bond donors (Lipinski definition) is 1. The zero-order chi connectivity index (χ0) is 17.7. The zero-order valence-corrected chi connectivity index (χ0v) is 17.8. The van der Waals surface area contributed by atoms with Crippen LogP contribution in [0.25, 0.3) is 21.5 Å². The summed E-state index contributed by atoms with van der Waals surface area (Å²) in [5.41, 5.74) is 4.63. The molecule has 0 saturated carbocycles. The Morgan fingerprint density at radius 2 is 1.96 bits per heavy atom. The van der Waals surface area contributed by atoms with Gasteiger partial charge in [-0.25, -0.2) is 11.3 Å². The van der Waals surface area contributed by atoms with Crippen molar-refractivity contribution in [3.8, 4) is 10.6 Å². The normalized spacial score (nSPS) is 10.6. The van der Waals surface area contributed by atoms with Gasteiger partial charge in [0.2, 0.25) is 0 Å². The van der Waals surface area contributed by atoms with E-state index in [2.05, 4.69) is 44.2 Å². The van der Waals surface area contributed by atoms with Crippen LogP contribution in [0.15, 0.2) is 47.5 Å². The number of aliphatic hydroxyl groups excluding tert-OH is 1. The van der Waals surface area contributed by atoms with Gasteiger partial charge in [0, 0.05) is 31.6 Å². The zero-order valence-electron chi connectivity index (χ0n) is 14.6. The van der Waals surface area contributed by atoms with Crippen LogP contribution in [0.4, 0.5) is 0 Å². The Bertz CT molecular complexity index is 882. The molecule has 0 saturated heterocycles. The van der Waals surface area contributed by atoms with Crippen molar-refractivity contribution >= 4 is 28.0 Å². The third kappa shape index (κ3) is 5.89. The summed E-state index contributed by atoms with van der Waals surface area (Å²) in [4.78, 5) is 15.9. The maximum Gasteiger partial charge on any atom is 0.155 e. The summed E-state index contributed by atoms with van der Waals surface area (Å²) >= 11 is 1.68. The average molecular weight is 531 g/mol. The first-order valence-electron chi connectivity index (χ1n) is 7.59. The number of thiophene rings is 1. The van der Waals surface area contributed by atoms with Crippen molar-refractivity contribution in [2.75, 3.05) is 0 Å². The fraction of sp³-hybridized carbons (Fsp3) is 0.200. The van der Waals surface area contributed by atoms with Gasteiger partial charge in [0.05, 0.1) is 11.3 Å². The monoisotopic (exact) mass is 531 g/mol. The Hall–Kier alpha value is -1.81. The van der Waals surface area contributed by atoms with Gasteiger partial charge in [-0.15, -0.1) is 5.38 Å². The molecular formula is C20H20IrNO2S-. The summed E-state index contributed by atoms with van der Waals surface area (Å²) in [6.07, 6.45) is 1.17. The van der Waals surface area contributed by atoms with Gasteiger partial charge in [0.1, 0.15) is 0 Å². The number of ketones is 1. The number of rotatable bonds is 2. The Labute approximate surface area is 165 Å². The third-order valence-corrected chi connectivity index (χ3v) is 4.20. The average Bonchev–Trinajstić information content (AvgIpc) is 3.01. The van der Waals surface area contributed by atoms with Crippen LogP contribution in [0.2, 0.25) is 0 Å². The van der Waals surface area contributed by atoms with E-state index in [0.717, 1.165) is 16.1 Å². The van der Waals surface area contributed by atoms with Crippen LogP contribution in [0.3, 0.4) is 0 Å². The number of benzene rings is 1. The molecule has 3 aromatic rings. The van der Waals surface area contributed by atoms with Gasteiger partial charge in [-0.1, -0.05) is 34.7 Å². The molecule has 2 aromatic heterocycles. The minimum atomic E-state index is -0.125. The topological polar surface area (TPSA) is 50.2 Å². The summed E-state index contributed by atoms with van der Waals surface area (Å²) in [5.74, 6) is -0.0625. The van der Waals surface area contributed by atoms with Crippen molar-refractivity contribution in [1.82, 2.24) is 4.98 Å². The summed E-state index contributed by atoms with van der Waals surface area (Å²) < 4.78 is 0. The van der Waals surface area contributed by atoms with Crippen molar-refractivity contribution < 1.29 is 30.0 Å². The molecule has 1 radical (unpaired) electrons. The van der Waals surface area contributed by atoms with Gasteiger partial charge in [-0.3, -0.25) is 4.79 Å². The molecule has 0 unspecified atom stereocenters. The third-order valence-electron chi connectivity index (χ3n) is 3.36. The van der Waals surface area contributed by atoms with Crippen molar-refractivity contribution in [2.24, 2.45) is 0 Å². The molecule has 1 N–H and O–H groups in total. The fourth-order valence-electron chi connectivity index (χ4n) is 2.35. The van der Waals surface area contributed by atoms with E-state index in [1.165, 1.54) is 36.4 Å². The van der Waals surface area contributed by atoms with Gasteiger partial charge in [0.25, 0.3) is 0 Å². The molecule has 1 aromatic carbocycles. The minimum Gasteiger partial charge on any atom is -0.512 e.